The summed E-state index contributed by atoms with van der Waals surface area (Å²) in [4.78, 5) is 2.69. The Labute approximate surface area is 76.1 Å². The van der Waals surface area contributed by atoms with Crippen LogP contribution in [-0.2, 0) is 0 Å². The van der Waals surface area contributed by atoms with Crippen molar-refractivity contribution in [3.8, 4) is 6.07 Å². The van der Waals surface area contributed by atoms with Crippen LogP contribution in [-0.4, -0.2) is 0 Å². The summed E-state index contributed by atoms with van der Waals surface area (Å²) >= 11 is 0. The van der Waals surface area contributed by atoms with Crippen molar-refractivity contribution in [2.45, 2.75) is 13.8 Å². The standard InChI is InChI=1S/C9H8N4/c1-6-3-7(2)9(12-13-11)4-8(6)5-10/h3-4H,1-2H3. The van der Waals surface area contributed by atoms with Crippen LogP contribution >= 0.6 is 0 Å². The molecule has 0 aromatic heterocycles. The molecule has 0 fully saturated rings. The Bertz CT molecular complexity index is 422. The van der Waals surface area contributed by atoms with Crippen LogP contribution in [0.3, 0.4) is 0 Å². The molecule has 0 heterocycles. The number of nitrogens with zero attached hydrogens (tertiary/aromatic N) is 4. The van der Waals surface area contributed by atoms with E-state index in [0.717, 1.165) is 11.1 Å². The molecule has 4 heteroatoms. The second kappa shape index (κ2) is 3.61. The number of nitriles is 1. The lowest BCUT2D eigenvalue weighted by atomic mass is 10.1. The first kappa shape index (κ1) is 9.11. The molecule has 0 aliphatic heterocycles. The highest BCUT2D eigenvalue weighted by Crippen LogP contribution is 2.22. The van der Waals surface area contributed by atoms with Crippen molar-refractivity contribution < 1.29 is 0 Å². The van der Waals surface area contributed by atoms with Gasteiger partial charge in [0.2, 0.25) is 0 Å². The minimum atomic E-state index is 0.518. The molecule has 0 spiro atoms. The first-order valence-electron chi connectivity index (χ1n) is 3.75. The molecule has 1 aromatic rings. The highest BCUT2D eigenvalue weighted by atomic mass is 15.1. The minimum Gasteiger partial charge on any atom is -0.192 e. The average Bonchev–Trinajstić information content (AvgIpc) is 2.10. The molecule has 0 unspecified atom stereocenters. The van der Waals surface area contributed by atoms with Crippen molar-refractivity contribution in [3.63, 3.8) is 0 Å². The van der Waals surface area contributed by atoms with Gasteiger partial charge in [0.15, 0.2) is 0 Å². The summed E-state index contributed by atoms with van der Waals surface area (Å²) in [7, 11) is 0. The van der Waals surface area contributed by atoms with E-state index in [1.54, 1.807) is 6.07 Å². The molecular weight excluding hydrogens is 164 g/mol. The third-order valence-electron chi connectivity index (χ3n) is 1.82. The predicted molar refractivity (Wildman–Crippen MR) is 49.4 cm³/mol. The molecule has 0 atom stereocenters. The maximum Gasteiger partial charge on any atom is 0.0994 e. The molecule has 0 bridgehead atoms. The van der Waals surface area contributed by atoms with E-state index in [9.17, 15) is 0 Å². The Balaban J connectivity index is 3.40. The second-order valence-corrected chi connectivity index (χ2v) is 2.75. The van der Waals surface area contributed by atoms with Crippen molar-refractivity contribution in [2.24, 2.45) is 5.11 Å². The van der Waals surface area contributed by atoms with Crippen LogP contribution in [0.2, 0.25) is 0 Å². The number of azide groups is 1. The molecule has 0 radical (unpaired) electrons. The minimum absolute atomic E-state index is 0.518. The summed E-state index contributed by atoms with van der Waals surface area (Å²) in [5.74, 6) is 0. The monoisotopic (exact) mass is 172 g/mol. The summed E-state index contributed by atoms with van der Waals surface area (Å²) in [6, 6.07) is 5.48. The second-order valence-electron chi connectivity index (χ2n) is 2.75. The largest absolute Gasteiger partial charge is 0.192 e. The van der Waals surface area contributed by atoms with Crippen LogP contribution in [0, 0.1) is 25.2 Å². The molecule has 0 saturated heterocycles. The molecule has 0 aliphatic rings. The molecule has 0 aliphatic carbocycles. The zero-order valence-corrected chi connectivity index (χ0v) is 7.44. The van der Waals surface area contributed by atoms with Gasteiger partial charge in [-0.25, -0.2) is 0 Å². The SMILES string of the molecule is Cc1cc(C)c(N=[N+]=[N-])cc1C#N. The predicted octanol–water partition coefficient (Wildman–Crippen LogP) is 3.12. The molecular formula is C9H8N4. The van der Waals surface area contributed by atoms with E-state index in [1.807, 2.05) is 26.0 Å². The van der Waals surface area contributed by atoms with Gasteiger partial charge in [-0.05, 0) is 36.6 Å². The lowest BCUT2D eigenvalue weighted by Crippen LogP contribution is -1.84. The van der Waals surface area contributed by atoms with Crippen molar-refractivity contribution >= 4 is 5.69 Å². The quantitative estimate of drug-likeness (QED) is 0.364. The van der Waals surface area contributed by atoms with E-state index in [2.05, 4.69) is 10.0 Å². The van der Waals surface area contributed by atoms with Gasteiger partial charge in [-0.2, -0.15) is 5.26 Å². The van der Waals surface area contributed by atoms with Crippen LogP contribution in [0.15, 0.2) is 17.2 Å². The van der Waals surface area contributed by atoms with Gasteiger partial charge >= 0.3 is 0 Å². The molecule has 13 heavy (non-hydrogen) atoms. The third-order valence-corrected chi connectivity index (χ3v) is 1.82. The van der Waals surface area contributed by atoms with E-state index in [-0.39, 0.29) is 0 Å². The zero-order valence-electron chi connectivity index (χ0n) is 7.44. The highest BCUT2D eigenvalue weighted by Gasteiger charge is 2.01. The lowest BCUT2D eigenvalue weighted by molar-refractivity contribution is 1.30. The van der Waals surface area contributed by atoms with Gasteiger partial charge in [0.1, 0.15) is 0 Å². The Kier molecular flexibility index (Phi) is 2.53. The maximum atomic E-state index is 8.72. The number of hydrogen-bond acceptors (Lipinski definition) is 2. The molecule has 1 aromatic carbocycles. The van der Waals surface area contributed by atoms with Crippen molar-refractivity contribution in [1.29, 1.82) is 5.26 Å². The van der Waals surface area contributed by atoms with E-state index in [0.29, 0.717) is 11.3 Å². The Hall–Kier alpha value is -1.98. The number of benzene rings is 1. The molecule has 0 saturated carbocycles. The molecule has 0 amide bonds. The summed E-state index contributed by atoms with van der Waals surface area (Å²) in [5.41, 5.74) is 11.1. The average molecular weight is 172 g/mol. The van der Waals surface area contributed by atoms with E-state index in [4.69, 9.17) is 10.8 Å². The fraction of sp³-hybridized carbons (Fsp3) is 0.222. The summed E-state index contributed by atoms with van der Waals surface area (Å²) in [6.45, 7) is 3.70. The molecule has 64 valence electrons. The molecule has 4 nitrogen and oxygen atoms in total. The molecule has 1 rings (SSSR count). The van der Waals surface area contributed by atoms with Crippen LogP contribution in [0.25, 0.3) is 10.4 Å². The van der Waals surface area contributed by atoms with Gasteiger partial charge in [-0.1, -0.05) is 11.2 Å². The van der Waals surface area contributed by atoms with Gasteiger partial charge in [0.25, 0.3) is 0 Å². The Morgan fingerprint density at radius 2 is 2.08 bits per heavy atom. The highest BCUT2D eigenvalue weighted by molar-refractivity contribution is 5.54. The van der Waals surface area contributed by atoms with Crippen molar-refractivity contribution in [2.75, 3.05) is 0 Å². The Morgan fingerprint density at radius 3 is 2.62 bits per heavy atom. The van der Waals surface area contributed by atoms with Gasteiger partial charge < -0.3 is 0 Å². The summed E-state index contributed by atoms with van der Waals surface area (Å²) in [5, 5.41) is 12.2. The van der Waals surface area contributed by atoms with Gasteiger partial charge in [-0.3, -0.25) is 0 Å². The van der Waals surface area contributed by atoms with E-state index in [1.165, 1.54) is 0 Å². The first-order valence-corrected chi connectivity index (χ1v) is 3.75. The van der Waals surface area contributed by atoms with E-state index >= 15 is 0 Å². The smallest absolute Gasteiger partial charge is 0.0994 e. The summed E-state index contributed by atoms with van der Waals surface area (Å²) in [6.07, 6.45) is 0. The van der Waals surface area contributed by atoms with Gasteiger partial charge in [0, 0.05) is 10.6 Å². The fourth-order valence-corrected chi connectivity index (χ4v) is 1.12. The Morgan fingerprint density at radius 1 is 1.38 bits per heavy atom. The van der Waals surface area contributed by atoms with Gasteiger partial charge in [0.05, 0.1) is 11.6 Å². The third kappa shape index (κ3) is 1.78. The maximum absolute atomic E-state index is 8.72. The zero-order chi connectivity index (χ0) is 9.84. The van der Waals surface area contributed by atoms with E-state index < -0.39 is 0 Å². The van der Waals surface area contributed by atoms with Crippen LogP contribution in [0.4, 0.5) is 5.69 Å². The van der Waals surface area contributed by atoms with Crippen LogP contribution in [0.5, 0.6) is 0 Å². The van der Waals surface area contributed by atoms with Crippen molar-refractivity contribution in [1.82, 2.24) is 0 Å². The molecule has 0 N–H and O–H groups in total. The number of aryl methyl sites for hydroxylation is 2. The van der Waals surface area contributed by atoms with Crippen LogP contribution in [0.1, 0.15) is 16.7 Å². The summed E-state index contributed by atoms with van der Waals surface area (Å²) < 4.78 is 0. The lowest BCUT2D eigenvalue weighted by Gasteiger charge is -2.02. The topological polar surface area (TPSA) is 72.6 Å². The normalized spacial score (nSPS) is 8.69. The van der Waals surface area contributed by atoms with Gasteiger partial charge in [-0.15, -0.1) is 0 Å². The number of hydrogen-bond donors (Lipinski definition) is 0. The number of rotatable bonds is 1. The fourth-order valence-electron chi connectivity index (χ4n) is 1.12. The van der Waals surface area contributed by atoms with Crippen molar-refractivity contribution in [3.05, 3.63) is 39.3 Å². The first-order chi connectivity index (χ1) is 6.19. The van der Waals surface area contributed by atoms with Crippen LogP contribution < -0.4 is 0 Å².